The van der Waals surface area contributed by atoms with Gasteiger partial charge in [0.15, 0.2) is 0 Å². The van der Waals surface area contributed by atoms with Gasteiger partial charge < -0.3 is 9.64 Å². The molecule has 2 bridgehead atoms. The minimum absolute atomic E-state index is 0.0115. The minimum Gasteiger partial charge on any atom is -0.416 e. The van der Waals surface area contributed by atoms with E-state index in [-0.39, 0.29) is 5.88 Å². The molecule has 2 aromatic rings. The van der Waals surface area contributed by atoms with Crippen LogP contribution >= 0.6 is 11.9 Å². The number of rotatable bonds is 4. The molecule has 1 aromatic carbocycles. The van der Waals surface area contributed by atoms with Gasteiger partial charge in [-0.1, -0.05) is 6.07 Å². The summed E-state index contributed by atoms with van der Waals surface area (Å²) in [6.45, 7) is -0.744. The van der Waals surface area contributed by atoms with E-state index in [1.54, 1.807) is 18.0 Å². The van der Waals surface area contributed by atoms with Gasteiger partial charge in [-0.2, -0.15) is 8.78 Å². The van der Waals surface area contributed by atoms with Gasteiger partial charge >= 0.3 is 6.61 Å². The van der Waals surface area contributed by atoms with Crippen LogP contribution in [0.5, 0.6) is 5.88 Å². The number of pyridine rings is 1. The molecule has 0 spiro atoms. The Morgan fingerprint density at radius 1 is 1.22 bits per heavy atom. The molecule has 23 heavy (non-hydrogen) atoms. The van der Waals surface area contributed by atoms with Gasteiger partial charge in [0.05, 0.1) is 0 Å². The van der Waals surface area contributed by atoms with Crippen LogP contribution in [-0.2, 0) is 0 Å². The Morgan fingerprint density at radius 2 is 2.09 bits per heavy atom. The summed E-state index contributed by atoms with van der Waals surface area (Å²) in [5.41, 5.74) is 0. The summed E-state index contributed by atoms with van der Waals surface area (Å²) in [7, 11) is 2.17. The van der Waals surface area contributed by atoms with Crippen LogP contribution in [0.4, 0.5) is 8.78 Å². The lowest BCUT2D eigenvalue weighted by Crippen LogP contribution is -2.41. The maximum atomic E-state index is 12.5. The van der Waals surface area contributed by atoms with Gasteiger partial charge in [-0.15, -0.1) is 0 Å². The largest absolute Gasteiger partial charge is 0.416 e. The minimum atomic E-state index is -2.87. The molecule has 4 rings (SSSR count). The molecular formula is C16H17F2N3OS. The molecule has 7 heteroatoms. The predicted octanol–water partition coefficient (Wildman–Crippen LogP) is 3.23. The Bertz CT molecular complexity index is 728. The Balaban J connectivity index is 1.63. The highest BCUT2D eigenvalue weighted by atomic mass is 32.2. The summed E-state index contributed by atoms with van der Waals surface area (Å²) in [5, 5.41) is 1.53. The van der Waals surface area contributed by atoms with Crippen molar-refractivity contribution in [2.24, 2.45) is 0 Å². The molecule has 0 radical (unpaired) electrons. The highest BCUT2D eigenvalue weighted by Gasteiger charge is 2.41. The van der Waals surface area contributed by atoms with Crippen LogP contribution in [0.3, 0.4) is 0 Å². The molecule has 0 saturated carbocycles. The van der Waals surface area contributed by atoms with E-state index in [4.69, 9.17) is 0 Å². The van der Waals surface area contributed by atoms with Crippen LogP contribution in [0.25, 0.3) is 10.8 Å². The molecule has 2 aliphatic heterocycles. The number of alkyl halides is 2. The summed E-state index contributed by atoms with van der Waals surface area (Å²) in [5.74, 6) is -0.0115. The Kier molecular flexibility index (Phi) is 3.87. The zero-order valence-corrected chi connectivity index (χ0v) is 13.5. The molecule has 2 fully saturated rings. The predicted molar refractivity (Wildman–Crippen MR) is 85.8 cm³/mol. The van der Waals surface area contributed by atoms with Crippen LogP contribution < -0.4 is 4.74 Å². The molecule has 2 aliphatic rings. The summed E-state index contributed by atoms with van der Waals surface area (Å²) in [6.07, 6.45) is 2.73. The third-order valence-corrected chi connectivity index (χ3v) is 5.84. The van der Waals surface area contributed by atoms with Gasteiger partial charge in [0.25, 0.3) is 0 Å². The standard InChI is InChI=1S/C16H17F2N3OS/c1-20-8-11-7-10(20)9-21(11)23-14-4-2-3-13-12(14)5-6-19-15(13)22-16(17)18/h2-6,10-11,16H,7-9H2,1H3. The van der Waals surface area contributed by atoms with Crippen molar-refractivity contribution in [3.8, 4) is 5.88 Å². The first kappa shape index (κ1) is 15.1. The summed E-state index contributed by atoms with van der Waals surface area (Å²) >= 11 is 1.71. The van der Waals surface area contributed by atoms with E-state index in [2.05, 4.69) is 26.0 Å². The lowest BCUT2D eigenvalue weighted by Gasteiger charge is -2.31. The average Bonchev–Trinajstić information content (AvgIpc) is 3.06. The van der Waals surface area contributed by atoms with Crippen LogP contribution in [0, 0.1) is 0 Å². The average molecular weight is 337 g/mol. The van der Waals surface area contributed by atoms with Crippen molar-refractivity contribution in [2.75, 3.05) is 20.1 Å². The highest BCUT2D eigenvalue weighted by molar-refractivity contribution is 7.97. The monoisotopic (exact) mass is 337 g/mol. The number of aromatic nitrogens is 1. The Hall–Kier alpha value is -1.44. The number of likely N-dealkylation sites (N-methyl/N-ethyl adjacent to an activating group) is 1. The van der Waals surface area contributed by atoms with Crippen molar-refractivity contribution in [3.05, 3.63) is 30.5 Å². The molecule has 2 saturated heterocycles. The van der Waals surface area contributed by atoms with Crippen molar-refractivity contribution in [1.29, 1.82) is 0 Å². The number of fused-ring (bicyclic) bond motifs is 3. The fourth-order valence-corrected chi connectivity index (χ4v) is 4.69. The lowest BCUT2D eigenvalue weighted by molar-refractivity contribution is -0.0517. The topological polar surface area (TPSA) is 28.6 Å². The second-order valence-electron chi connectivity index (χ2n) is 6.02. The van der Waals surface area contributed by atoms with Crippen LogP contribution in [0.2, 0.25) is 0 Å². The van der Waals surface area contributed by atoms with Crippen LogP contribution in [0.15, 0.2) is 35.4 Å². The smallest absolute Gasteiger partial charge is 0.388 e. The quantitative estimate of drug-likeness (QED) is 0.799. The normalized spacial score (nSPS) is 24.9. The van der Waals surface area contributed by atoms with E-state index in [1.807, 2.05) is 18.2 Å². The molecule has 1 aromatic heterocycles. The Labute approximate surface area is 137 Å². The second kappa shape index (κ2) is 5.89. The third kappa shape index (κ3) is 2.77. The number of benzene rings is 1. The van der Waals surface area contributed by atoms with Crippen LogP contribution in [0.1, 0.15) is 6.42 Å². The molecule has 2 atom stereocenters. The maximum Gasteiger partial charge on any atom is 0.388 e. The molecule has 0 amide bonds. The summed E-state index contributed by atoms with van der Waals surface area (Å²) in [6, 6.07) is 8.70. The van der Waals surface area contributed by atoms with E-state index in [9.17, 15) is 8.78 Å². The fraction of sp³-hybridized carbons (Fsp3) is 0.438. The molecule has 2 unspecified atom stereocenters. The highest BCUT2D eigenvalue weighted by Crippen LogP contribution is 2.40. The zero-order valence-electron chi connectivity index (χ0n) is 12.7. The van der Waals surface area contributed by atoms with Gasteiger partial charge in [-0.05, 0) is 43.6 Å². The van der Waals surface area contributed by atoms with E-state index in [0.717, 1.165) is 23.4 Å². The number of halogens is 2. The van der Waals surface area contributed by atoms with Gasteiger partial charge in [0.2, 0.25) is 5.88 Å². The van der Waals surface area contributed by atoms with Crippen molar-refractivity contribution in [3.63, 3.8) is 0 Å². The molecule has 0 aliphatic carbocycles. The number of piperazine rings is 1. The molecular weight excluding hydrogens is 320 g/mol. The van der Waals surface area contributed by atoms with E-state index in [1.165, 1.54) is 12.6 Å². The van der Waals surface area contributed by atoms with Crippen molar-refractivity contribution >= 4 is 22.7 Å². The fourth-order valence-electron chi connectivity index (χ4n) is 3.48. The Morgan fingerprint density at radius 3 is 2.78 bits per heavy atom. The lowest BCUT2D eigenvalue weighted by atomic mass is 10.2. The maximum absolute atomic E-state index is 12.5. The van der Waals surface area contributed by atoms with Crippen molar-refractivity contribution in [2.45, 2.75) is 30.0 Å². The van der Waals surface area contributed by atoms with E-state index < -0.39 is 6.61 Å². The third-order valence-electron chi connectivity index (χ3n) is 4.61. The first-order chi connectivity index (χ1) is 11.1. The number of hydrogen-bond acceptors (Lipinski definition) is 5. The number of hydrogen-bond donors (Lipinski definition) is 0. The van der Waals surface area contributed by atoms with Gasteiger partial charge in [0.1, 0.15) is 0 Å². The van der Waals surface area contributed by atoms with Gasteiger partial charge in [-0.3, -0.25) is 0 Å². The number of likely N-dealkylation sites (tertiary alicyclic amines) is 1. The zero-order chi connectivity index (χ0) is 16.0. The molecule has 3 heterocycles. The van der Waals surface area contributed by atoms with Crippen LogP contribution in [-0.4, -0.2) is 53.0 Å². The second-order valence-corrected chi connectivity index (χ2v) is 7.11. The first-order valence-corrected chi connectivity index (χ1v) is 8.36. The first-order valence-electron chi connectivity index (χ1n) is 7.59. The van der Waals surface area contributed by atoms with Gasteiger partial charge in [-0.25, -0.2) is 9.29 Å². The summed E-state index contributed by atoms with van der Waals surface area (Å²) in [4.78, 5) is 7.40. The van der Waals surface area contributed by atoms with E-state index >= 15 is 0 Å². The molecule has 122 valence electrons. The van der Waals surface area contributed by atoms with E-state index in [0.29, 0.717) is 17.5 Å². The molecule has 4 nitrogen and oxygen atoms in total. The summed E-state index contributed by atoms with van der Waals surface area (Å²) < 4.78 is 32.0. The van der Waals surface area contributed by atoms with Gasteiger partial charge in [0, 0.05) is 47.0 Å². The molecule has 0 N–H and O–H groups in total. The van der Waals surface area contributed by atoms with Crippen molar-refractivity contribution < 1.29 is 13.5 Å². The van der Waals surface area contributed by atoms with Crippen molar-refractivity contribution in [1.82, 2.24) is 14.2 Å². The SMILES string of the molecule is CN1CC2CC1CN2Sc1cccc2c(OC(F)F)nccc12. The number of nitrogens with zero attached hydrogens (tertiary/aromatic N) is 3. The number of ether oxygens (including phenoxy) is 1.